The van der Waals surface area contributed by atoms with E-state index in [9.17, 15) is 4.79 Å². The number of fused-ring (bicyclic) bond motifs is 1. The first-order valence-corrected chi connectivity index (χ1v) is 6.55. The van der Waals surface area contributed by atoms with Crippen molar-refractivity contribution in [3.8, 4) is 11.3 Å². The molecule has 1 aromatic heterocycles. The van der Waals surface area contributed by atoms with Crippen LogP contribution >= 0.6 is 11.8 Å². The lowest BCUT2D eigenvalue weighted by molar-refractivity contribution is -0.113. The van der Waals surface area contributed by atoms with Crippen molar-refractivity contribution in [2.75, 3.05) is 23.4 Å². The van der Waals surface area contributed by atoms with Gasteiger partial charge in [0.15, 0.2) is 0 Å². The lowest BCUT2D eigenvalue weighted by atomic mass is 10.1. The van der Waals surface area contributed by atoms with Crippen LogP contribution < -0.4 is 10.6 Å². The molecule has 2 heterocycles. The third-order valence-corrected chi connectivity index (χ3v) is 3.83. The number of carbonyl (C=O) groups excluding carboxylic acids is 1. The van der Waals surface area contributed by atoms with Crippen LogP contribution in [0.15, 0.2) is 29.2 Å². The Hall–Kier alpha value is -1.95. The lowest BCUT2D eigenvalue weighted by Gasteiger charge is -2.16. The van der Waals surface area contributed by atoms with Crippen LogP contribution in [-0.4, -0.2) is 28.9 Å². The van der Waals surface area contributed by atoms with E-state index in [4.69, 9.17) is 0 Å². The Bertz CT molecular complexity index is 608. The van der Waals surface area contributed by atoms with E-state index in [1.165, 1.54) is 0 Å². The maximum Gasteiger partial charge on any atom is 0.234 e. The van der Waals surface area contributed by atoms with Gasteiger partial charge in [0.2, 0.25) is 5.91 Å². The molecule has 3 rings (SSSR count). The van der Waals surface area contributed by atoms with Gasteiger partial charge in [-0.2, -0.15) is 5.10 Å². The Morgan fingerprint density at radius 3 is 3.06 bits per heavy atom. The fourth-order valence-electron chi connectivity index (χ4n) is 1.85. The fraction of sp³-hybridized carbons (Fsp3) is 0.167. The molecule has 2 aromatic rings. The molecule has 1 amide bonds. The van der Waals surface area contributed by atoms with Crippen LogP contribution in [0.5, 0.6) is 0 Å². The Balaban J connectivity index is 1.98. The predicted molar refractivity (Wildman–Crippen MR) is 72.9 cm³/mol. The molecule has 0 saturated heterocycles. The third-order valence-electron chi connectivity index (χ3n) is 2.76. The summed E-state index contributed by atoms with van der Waals surface area (Å²) in [5.41, 5.74) is 2.80. The number of aromatic amines is 1. The molecule has 0 aliphatic carbocycles. The van der Waals surface area contributed by atoms with Crippen LogP contribution in [0.1, 0.15) is 0 Å². The molecular formula is C12H12N4OS. The fourth-order valence-corrected chi connectivity index (χ4v) is 2.64. The minimum atomic E-state index is 0.0465. The maximum absolute atomic E-state index is 11.4. The molecule has 1 aliphatic rings. The summed E-state index contributed by atoms with van der Waals surface area (Å²) in [5.74, 6) is 1.33. The van der Waals surface area contributed by atoms with Crippen LogP contribution in [0.25, 0.3) is 11.3 Å². The molecule has 18 heavy (non-hydrogen) atoms. The number of hydrogen-bond acceptors (Lipinski definition) is 4. The SMILES string of the molecule is CNc1cc(-c2ccc3c(c2)NC(=O)CS3)[nH]n1. The van der Waals surface area contributed by atoms with Crippen LogP contribution in [-0.2, 0) is 4.79 Å². The molecule has 0 radical (unpaired) electrons. The number of anilines is 2. The summed E-state index contributed by atoms with van der Waals surface area (Å²) >= 11 is 1.56. The van der Waals surface area contributed by atoms with Gasteiger partial charge < -0.3 is 10.6 Å². The van der Waals surface area contributed by atoms with E-state index in [0.29, 0.717) is 5.75 Å². The average Bonchev–Trinajstić information content (AvgIpc) is 2.86. The topological polar surface area (TPSA) is 69.8 Å². The summed E-state index contributed by atoms with van der Waals surface area (Å²) in [5, 5.41) is 12.9. The Labute approximate surface area is 108 Å². The van der Waals surface area contributed by atoms with Crippen molar-refractivity contribution in [1.82, 2.24) is 10.2 Å². The van der Waals surface area contributed by atoms with Crippen molar-refractivity contribution >= 4 is 29.2 Å². The molecule has 92 valence electrons. The van der Waals surface area contributed by atoms with Gasteiger partial charge in [0.1, 0.15) is 5.82 Å². The number of aromatic nitrogens is 2. The van der Waals surface area contributed by atoms with Gasteiger partial charge in [0, 0.05) is 23.6 Å². The molecule has 1 aliphatic heterocycles. The number of thioether (sulfide) groups is 1. The Morgan fingerprint density at radius 2 is 2.28 bits per heavy atom. The highest BCUT2D eigenvalue weighted by Gasteiger charge is 2.16. The zero-order valence-electron chi connectivity index (χ0n) is 9.78. The first-order valence-electron chi connectivity index (χ1n) is 5.56. The van der Waals surface area contributed by atoms with Crippen LogP contribution in [0, 0.1) is 0 Å². The minimum absolute atomic E-state index is 0.0465. The Morgan fingerprint density at radius 1 is 1.39 bits per heavy atom. The number of hydrogen-bond donors (Lipinski definition) is 3. The lowest BCUT2D eigenvalue weighted by Crippen LogP contribution is -2.18. The van der Waals surface area contributed by atoms with Gasteiger partial charge in [0.25, 0.3) is 0 Å². The first kappa shape index (κ1) is 11.2. The highest BCUT2D eigenvalue weighted by atomic mass is 32.2. The quantitative estimate of drug-likeness (QED) is 0.774. The highest BCUT2D eigenvalue weighted by Crippen LogP contribution is 2.34. The number of amides is 1. The zero-order valence-corrected chi connectivity index (χ0v) is 10.6. The van der Waals surface area contributed by atoms with Crippen molar-refractivity contribution in [3.05, 3.63) is 24.3 Å². The number of benzene rings is 1. The molecule has 6 heteroatoms. The van der Waals surface area contributed by atoms with Crippen molar-refractivity contribution in [2.45, 2.75) is 4.90 Å². The molecule has 1 aromatic carbocycles. The highest BCUT2D eigenvalue weighted by molar-refractivity contribution is 8.00. The van der Waals surface area contributed by atoms with Gasteiger partial charge in [-0.05, 0) is 12.1 Å². The number of nitrogens with one attached hydrogen (secondary N) is 3. The molecule has 5 nitrogen and oxygen atoms in total. The molecule has 3 N–H and O–H groups in total. The smallest absolute Gasteiger partial charge is 0.234 e. The van der Waals surface area contributed by atoms with Crippen molar-refractivity contribution in [2.24, 2.45) is 0 Å². The molecule has 0 unspecified atom stereocenters. The standard InChI is InChI=1S/C12H12N4OS/c1-13-11-5-8(15-16-11)7-2-3-10-9(4-7)14-12(17)6-18-10/h2-5H,6H2,1H3,(H,14,17)(H2,13,15,16). The van der Waals surface area contributed by atoms with Gasteiger partial charge in [-0.3, -0.25) is 9.89 Å². The molecule has 0 saturated carbocycles. The third kappa shape index (κ3) is 1.95. The van der Waals surface area contributed by atoms with Gasteiger partial charge >= 0.3 is 0 Å². The van der Waals surface area contributed by atoms with Crippen LogP contribution in [0.2, 0.25) is 0 Å². The monoisotopic (exact) mass is 260 g/mol. The largest absolute Gasteiger partial charge is 0.372 e. The predicted octanol–water partition coefficient (Wildman–Crippen LogP) is 2.16. The summed E-state index contributed by atoms with van der Waals surface area (Å²) in [6.07, 6.45) is 0. The first-order chi connectivity index (χ1) is 8.76. The van der Waals surface area contributed by atoms with Gasteiger partial charge in [-0.1, -0.05) is 6.07 Å². The second kappa shape index (κ2) is 4.38. The van der Waals surface area contributed by atoms with E-state index in [0.717, 1.165) is 27.7 Å². The summed E-state index contributed by atoms with van der Waals surface area (Å²) in [6.45, 7) is 0. The second-order valence-electron chi connectivity index (χ2n) is 3.96. The van der Waals surface area contributed by atoms with Crippen molar-refractivity contribution in [1.29, 1.82) is 0 Å². The van der Waals surface area contributed by atoms with Crippen molar-refractivity contribution < 1.29 is 4.79 Å². The number of carbonyl (C=O) groups is 1. The normalized spacial score (nSPS) is 13.9. The summed E-state index contributed by atoms with van der Waals surface area (Å²) < 4.78 is 0. The molecule has 0 atom stereocenters. The van der Waals surface area contributed by atoms with E-state index in [-0.39, 0.29) is 5.91 Å². The average molecular weight is 260 g/mol. The number of nitrogens with zero attached hydrogens (tertiary/aromatic N) is 1. The van der Waals surface area contributed by atoms with Gasteiger partial charge in [-0.15, -0.1) is 11.8 Å². The summed E-state index contributed by atoms with van der Waals surface area (Å²) in [7, 11) is 1.82. The molecular weight excluding hydrogens is 248 g/mol. The van der Waals surface area contributed by atoms with E-state index >= 15 is 0 Å². The van der Waals surface area contributed by atoms with Crippen molar-refractivity contribution in [3.63, 3.8) is 0 Å². The minimum Gasteiger partial charge on any atom is -0.372 e. The second-order valence-corrected chi connectivity index (χ2v) is 4.98. The van der Waals surface area contributed by atoms with Gasteiger partial charge in [-0.25, -0.2) is 0 Å². The van der Waals surface area contributed by atoms with Crippen LogP contribution in [0.4, 0.5) is 11.5 Å². The van der Waals surface area contributed by atoms with E-state index < -0.39 is 0 Å². The van der Waals surface area contributed by atoms with Gasteiger partial charge in [0.05, 0.1) is 17.1 Å². The number of rotatable bonds is 2. The van der Waals surface area contributed by atoms with E-state index in [1.807, 2.05) is 31.3 Å². The van der Waals surface area contributed by atoms with E-state index in [1.54, 1.807) is 11.8 Å². The molecule has 0 bridgehead atoms. The number of H-pyrrole nitrogens is 1. The molecule has 0 spiro atoms. The summed E-state index contributed by atoms with van der Waals surface area (Å²) in [6, 6.07) is 7.94. The summed E-state index contributed by atoms with van der Waals surface area (Å²) in [4.78, 5) is 12.5. The van der Waals surface area contributed by atoms with E-state index in [2.05, 4.69) is 20.8 Å². The van der Waals surface area contributed by atoms with Crippen LogP contribution in [0.3, 0.4) is 0 Å². The molecule has 0 fully saturated rings. The Kier molecular flexibility index (Phi) is 2.71. The maximum atomic E-state index is 11.4. The zero-order chi connectivity index (χ0) is 12.5.